The highest BCUT2D eigenvalue weighted by Gasteiger charge is 2.20. The molecule has 0 bridgehead atoms. The van der Waals surface area contributed by atoms with Crippen molar-refractivity contribution < 1.29 is 4.74 Å². The smallest absolute Gasteiger partial charge is 0.138 e. The molecule has 1 fully saturated rings. The Hall–Kier alpha value is -1.72. The van der Waals surface area contributed by atoms with E-state index in [4.69, 9.17) is 17.0 Å². The van der Waals surface area contributed by atoms with E-state index in [9.17, 15) is 0 Å². The van der Waals surface area contributed by atoms with E-state index in [1.807, 2.05) is 12.1 Å². The number of nitrogens with one attached hydrogen (secondary N) is 2. The van der Waals surface area contributed by atoms with Gasteiger partial charge in [0.15, 0.2) is 0 Å². The van der Waals surface area contributed by atoms with Gasteiger partial charge in [0.2, 0.25) is 0 Å². The number of benzene rings is 1. The molecule has 5 heteroatoms. The number of hydrogen-bond acceptors (Lipinski definition) is 4. The van der Waals surface area contributed by atoms with Crippen molar-refractivity contribution in [2.24, 2.45) is 0 Å². The molecule has 1 saturated heterocycles. The number of aromatic amines is 1. The minimum absolute atomic E-state index is 0.0579. The zero-order valence-corrected chi connectivity index (χ0v) is 12.7. The molecule has 0 aliphatic carbocycles. The van der Waals surface area contributed by atoms with Crippen molar-refractivity contribution in [3.05, 3.63) is 52.4 Å². The van der Waals surface area contributed by atoms with E-state index in [0.717, 1.165) is 44.1 Å². The van der Waals surface area contributed by atoms with E-state index in [-0.39, 0.29) is 6.10 Å². The van der Waals surface area contributed by atoms with Crippen LogP contribution in [0.25, 0.3) is 0 Å². The fourth-order valence-corrected chi connectivity index (χ4v) is 2.72. The molecule has 0 radical (unpaired) electrons. The lowest BCUT2D eigenvalue weighted by Gasteiger charge is -2.12. The van der Waals surface area contributed by atoms with E-state index < -0.39 is 0 Å². The standard InChI is InChI=1S/C16H19N3OS/c21-15-11-14(17-9-8-12-5-2-1-3-6-12)18-16(19-15)13-7-4-10-20-13/h1-3,5-6,11,13H,4,7-10H2,(H2,17,18,19,21). The van der Waals surface area contributed by atoms with Gasteiger partial charge < -0.3 is 15.0 Å². The molecule has 0 amide bonds. The summed E-state index contributed by atoms with van der Waals surface area (Å²) >= 11 is 5.24. The van der Waals surface area contributed by atoms with Crippen LogP contribution in [0.4, 0.5) is 5.82 Å². The van der Waals surface area contributed by atoms with Crippen molar-refractivity contribution in [1.29, 1.82) is 0 Å². The molecule has 0 saturated carbocycles. The molecule has 2 N–H and O–H groups in total. The van der Waals surface area contributed by atoms with Crippen LogP contribution in [0.15, 0.2) is 36.4 Å². The summed E-state index contributed by atoms with van der Waals surface area (Å²) in [5, 5.41) is 3.38. The number of nitrogens with zero attached hydrogens (tertiary/aromatic N) is 1. The molecule has 0 spiro atoms. The summed E-state index contributed by atoms with van der Waals surface area (Å²) in [4.78, 5) is 7.68. The molecule has 1 unspecified atom stereocenters. The second-order valence-corrected chi connectivity index (χ2v) is 5.60. The van der Waals surface area contributed by atoms with Gasteiger partial charge in [0.1, 0.15) is 22.4 Å². The van der Waals surface area contributed by atoms with Crippen molar-refractivity contribution >= 4 is 18.0 Å². The summed E-state index contributed by atoms with van der Waals surface area (Å²) in [6.07, 6.45) is 3.12. The third-order valence-electron chi connectivity index (χ3n) is 3.57. The van der Waals surface area contributed by atoms with Crippen LogP contribution >= 0.6 is 12.2 Å². The van der Waals surface area contributed by atoms with Gasteiger partial charge in [0.05, 0.1) is 0 Å². The molecule has 1 atom stereocenters. The Morgan fingerprint density at radius 1 is 1.33 bits per heavy atom. The summed E-state index contributed by atoms with van der Waals surface area (Å²) in [5.74, 6) is 1.75. The molecule has 1 aromatic carbocycles. The summed E-state index contributed by atoms with van der Waals surface area (Å²) in [7, 11) is 0. The molecule has 110 valence electrons. The van der Waals surface area contributed by atoms with Crippen LogP contribution in [0.5, 0.6) is 0 Å². The van der Waals surface area contributed by atoms with E-state index in [1.165, 1.54) is 5.56 Å². The zero-order chi connectivity index (χ0) is 14.5. The number of anilines is 1. The Morgan fingerprint density at radius 3 is 2.95 bits per heavy atom. The first-order chi connectivity index (χ1) is 10.3. The Balaban J connectivity index is 1.63. The van der Waals surface area contributed by atoms with Crippen molar-refractivity contribution in [3.63, 3.8) is 0 Å². The van der Waals surface area contributed by atoms with Gasteiger partial charge in [-0.1, -0.05) is 42.5 Å². The normalized spacial score (nSPS) is 17.8. The predicted molar refractivity (Wildman–Crippen MR) is 86.0 cm³/mol. The maximum absolute atomic E-state index is 5.65. The zero-order valence-electron chi connectivity index (χ0n) is 11.8. The fourth-order valence-electron chi connectivity index (χ4n) is 2.50. The monoisotopic (exact) mass is 301 g/mol. The number of hydrogen-bond donors (Lipinski definition) is 2. The molecule has 21 heavy (non-hydrogen) atoms. The van der Waals surface area contributed by atoms with Crippen LogP contribution in [0.1, 0.15) is 30.3 Å². The lowest BCUT2D eigenvalue weighted by Crippen LogP contribution is -2.10. The first-order valence-corrected chi connectivity index (χ1v) is 7.73. The second-order valence-electron chi connectivity index (χ2n) is 5.18. The van der Waals surface area contributed by atoms with Gasteiger partial charge in [0.25, 0.3) is 0 Å². The van der Waals surface area contributed by atoms with E-state index in [2.05, 4.69) is 39.6 Å². The molecule has 1 aliphatic rings. The average molecular weight is 301 g/mol. The van der Waals surface area contributed by atoms with Crippen molar-refractivity contribution in [1.82, 2.24) is 9.97 Å². The summed E-state index contributed by atoms with van der Waals surface area (Å²) in [5.41, 5.74) is 1.32. The maximum Gasteiger partial charge on any atom is 0.138 e. The number of aromatic nitrogens is 2. The van der Waals surface area contributed by atoms with Gasteiger partial charge in [-0.25, -0.2) is 4.98 Å². The van der Waals surface area contributed by atoms with E-state index in [1.54, 1.807) is 0 Å². The van der Waals surface area contributed by atoms with Crippen molar-refractivity contribution in [2.45, 2.75) is 25.4 Å². The number of ether oxygens (including phenoxy) is 1. The lowest BCUT2D eigenvalue weighted by molar-refractivity contribution is 0.105. The summed E-state index contributed by atoms with van der Waals surface area (Å²) < 4.78 is 6.25. The van der Waals surface area contributed by atoms with Crippen LogP contribution in [-0.4, -0.2) is 23.1 Å². The molecule has 3 rings (SSSR count). The van der Waals surface area contributed by atoms with Gasteiger partial charge in [-0.3, -0.25) is 0 Å². The van der Waals surface area contributed by atoms with E-state index in [0.29, 0.717) is 4.64 Å². The molecule has 1 aromatic heterocycles. The SMILES string of the molecule is S=c1cc(NCCc2ccccc2)[nH]c(C2CCCO2)n1. The highest BCUT2D eigenvalue weighted by atomic mass is 32.1. The largest absolute Gasteiger partial charge is 0.371 e. The molecular weight excluding hydrogens is 282 g/mol. The Kier molecular flexibility index (Phi) is 4.62. The number of rotatable bonds is 5. The average Bonchev–Trinajstić information content (AvgIpc) is 3.02. The van der Waals surface area contributed by atoms with Gasteiger partial charge in [-0.15, -0.1) is 0 Å². The quantitative estimate of drug-likeness (QED) is 0.828. The third-order valence-corrected chi connectivity index (χ3v) is 3.78. The first kappa shape index (κ1) is 14.2. The highest BCUT2D eigenvalue weighted by molar-refractivity contribution is 7.71. The molecular formula is C16H19N3OS. The second kappa shape index (κ2) is 6.83. The maximum atomic E-state index is 5.65. The topological polar surface area (TPSA) is 49.9 Å². The first-order valence-electron chi connectivity index (χ1n) is 7.32. The van der Waals surface area contributed by atoms with Gasteiger partial charge in [0, 0.05) is 19.2 Å². The molecule has 4 nitrogen and oxygen atoms in total. The van der Waals surface area contributed by atoms with E-state index >= 15 is 0 Å². The lowest BCUT2D eigenvalue weighted by atomic mass is 10.1. The van der Waals surface area contributed by atoms with Crippen LogP contribution < -0.4 is 5.32 Å². The minimum Gasteiger partial charge on any atom is -0.371 e. The van der Waals surface area contributed by atoms with Gasteiger partial charge in [-0.2, -0.15) is 0 Å². The molecule has 2 heterocycles. The van der Waals surface area contributed by atoms with Gasteiger partial charge >= 0.3 is 0 Å². The summed E-state index contributed by atoms with van der Waals surface area (Å²) in [6, 6.07) is 12.3. The Morgan fingerprint density at radius 2 is 2.19 bits per heavy atom. The van der Waals surface area contributed by atoms with Crippen molar-refractivity contribution in [2.75, 3.05) is 18.5 Å². The van der Waals surface area contributed by atoms with Crippen LogP contribution in [0, 0.1) is 4.64 Å². The van der Waals surface area contributed by atoms with Gasteiger partial charge in [-0.05, 0) is 24.8 Å². The Bertz CT molecular complexity index is 635. The molecule has 1 aliphatic heterocycles. The van der Waals surface area contributed by atoms with Crippen molar-refractivity contribution in [3.8, 4) is 0 Å². The number of H-pyrrole nitrogens is 1. The summed E-state index contributed by atoms with van der Waals surface area (Å²) in [6.45, 7) is 1.66. The predicted octanol–water partition coefficient (Wildman–Crippen LogP) is 3.65. The minimum atomic E-state index is 0.0579. The highest BCUT2D eigenvalue weighted by Crippen LogP contribution is 2.26. The fraction of sp³-hybridized carbons (Fsp3) is 0.375. The molecule has 2 aromatic rings. The van der Waals surface area contributed by atoms with Crippen LogP contribution in [0.2, 0.25) is 0 Å². The van der Waals surface area contributed by atoms with Crippen LogP contribution in [-0.2, 0) is 11.2 Å². The van der Waals surface area contributed by atoms with Crippen LogP contribution in [0.3, 0.4) is 0 Å². The third kappa shape index (κ3) is 3.89. The Labute approximate surface area is 129 Å².